The molecule has 3 aromatic rings. The van der Waals surface area contributed by atoms with Gasteiger partial charge in [-0.1, -0.05) is 82.3 Å². The van der Waals surface area contributed by atoms with Crippen LogP contribution in [0.3, 0.4) is 0 Å². The molecule has 48 heavy (non-hydrogen) atoms. The van der Waals surface area contributed by atoms with Crippen molar-refractivity contribution in [2.45, 2.75) is 70.6 Å². The number of hydrogen-bond donors (Lipinski definition) is 2. The third kappa shape index (κ3) is 9.05. The Bertz CT molecular complexity index is 1590. The van der Waals surface area contributed by atoms with Crippen molar-refractivity contribution < 1.29 is 38.1 Å². The maximum Gasteiger partial charge on any atom is 0.335 e. The largest absolute Gasteiger partial charge is 0.461 e. The number of halogens is 2. The van der Waals surface area contributed by atoms with Crippen molar-refractivity contribution in [1.29, 1.82) is 0 Å². The Kier molecular flexibility index (Phi) is 13.2. The molecule has 8 heteroatoms. The number of ether oxygens (including phenoxy) is 2. The van der Waals surface area contributed by atoms with E-state index in [1.165, 1.54) is 31.7 Å². The van der Waals surface area contributed by atoms with Gasteiger partial charge in [0, 0.05) is 11.1 Å². The summed E-state index contributed by atoms with van der Waals surface area (Å²) in [7, 11) is 0. The summed E-state index contributed by atoms with van der Waals surface area (Å²) in [5, 5.41) is 18.4. The molecule has 1 aliphatic rings. The van der Waals surface area contributed by atoms with Crippen molar-refractivity contribution in [3.8, 4) is 22.3 Å². The van der Waals surface area contributed by atoms with Gasteiger partial charge in [0.15, 0.2) is 0 Å². The SMILES string of the molecule is C=C(CO)C(=O)OCC(COC(=O)C(=C)CO)c1ccc(-c2ccc(-c3ccc(C4CCC(CCC)CC4)cc3F)cc2F)c(CC)c1. The van der Waals surface area contributed by atoms with Crippen molar-refractivity contribution in [2.24, 2.45) is 5.92 Å². The van der Waals surface area contributed by atoms with E-state index in [2.05, 4.69) is 20.1 Å². The van der Waals surface area contributed by atoms with Crippen molar-refractivity contribution in [1.82, 2.24) is 0 Å². The van der Waals surface area contributed by atoms with E-state index in [-0.39, 0.29) is 30.2 Å². The molecule has 0 amide bonds. The van der Waals surface area contributed by atoms with Gasteiger partial charge in [0.1, 0.15) is 24.8 Å². The van der Waals surface area contributed by atoms with Gasteiger partial charge in [-0.05, 0) is 83.9 Å². The minimum Gasteiger partial charge on any atom is -0.461 e. The molecule has 0 aromatic heterocycles. The lowest BCUT2D eigenvalue weighted by Gasteiger charge is -2.28. The van der Waals surface area contributed by atoms with E-state index in [0.717, 1.165) is 29.9 Å². The number of aliphatic hydroxyl groups is 2. The van der Waals surface area contributed by atoms with Crippen LogP contribution in [-0.2, 0) is 25.5 Å². The smallest absolute Gasteiger partial charge is 0.335 e. The molecular formula is C40H46F2O6. The quantitative estimate of drug-likeness (QED) is 0.126. The summed E-state index contributed by atoms with van der Waals surface area (Å²) in [5.74, 6) is -1.90. The van der Waals surface area contributed by atoms with Crippen LogP contribution in [0.15, 0.2) is 78.9 Å². The van der Waals surface area contributed by atoms with Crippen LogP contribution in [0.1, 0.15) is 80.9 Å². The predicted octanol–water partition coefficient (Wildman–Crippen LogP) is 8.20. The summed E-state index contributed by atoms with van der Waals surface area (Å²) < 4.78 is 41.8. The highest BCUT2D eigenvalue weighted by atomic mass is 19.1. The lowest BCUT2D eigenvalue weighted by atomic mass is 9.77. The minimum absolute atomic E-state index is 0.122. The second kappa shape index (κ2) is 17.3. The fourth-order valence-corrected chi connectivity index (χ4v) is 6.46. The Morgan fingerprint density at radius 3 is 1.92 bits per heavy atom. The first-order valence-electron chi connectivity index (χ1n) is 16.7. The van der Waals surface area contributed by atoms with Gasteiger partial charge in [-0.3, -0.25) is 0 Å². The number of carbonyl (C=O) groups is 2. The molecule has 0 bridgehead atoms. The van der Waals surface area contributed by atoms with Crippen LogP contribution in [0.25, 0.3) is 22.3 Å². The second-order valence-corrected chi connectivity index (χ2v) is 12.6. The molecule has 1 aliphatic carbocycles. The van der Waals surface area contributed by atoms with Gasteiger partial charge >= 0.3 is 11.9 Å². The minimum atomic E-state index is -0.788. The van der Waals surface area contributed by atoms with Crippen molar-refractivity contribution in [3.63, 3.8) is 0 Å². The van der Waals surface area contributed by atoms with Crippen LogP contribution in [-0.4, -0.2) is 48.6 Å². The molecule has 0 aliphatic heterocycles. The highest BCUT2D eigenvalue weighted by molar-refractivity contribution is 5.88. The fraction of sp³-hybridized carbons (Fsp3) is 0.400. The zero-order valence-electron chi connectivity index (χ0n) is 27.9. The van der Waals surface area contributed by atoms with Crippen LogP contribution >= 0.6 is 0 Å². The Hall–Kier alpha value is -4.14. The number of aliphatic hydroxyl groups excluding tert-OH is 2. The Balaban J connectivity index is 1.55. The van der Waals surface area contributed by atoms with Gasteiger partial charge in [-0.2, -0.15) is 0 Å². The van der Waals surface area contributed by atoms with E-state index < -0.39 is 36.9 Å². The fourth-order valence-electron chi connectivity index (χ4n) is 6.46. The first-order chi connectivity index (χ1) is 23.1. The van der Waals surface area contributed by atoms with Gasteiger partial charge in [0.05, 0.1) is 30.3 Å². The van der Waals surface area contributed by atoms with E-state index in [4.69, 9.17) is 9.47 Å². The highest BCUT2D eigenvalue weighted by Gasteiger charge is 2.24. The zero-order chi connectivity index (χ0) is 34.8. The molecule has 0 atom stereocenters. The Morgan fingerprint density at radius 1 is 0.792 bits per heavy atom. The van der Waals surface area contributed by atoms with Gasteiger partial charge in [0.25, 0.3) is 0 Å². The molecule has 6 nitrogen and oxygen atoms in total. The maximum absolute atomic E-state index is 15.7. The summed E-state index contributed by atoms with van der Waals surface area (Å²) in [6.45, 7) is 9.58. The van der Waals surface area contributed by atoms with Crippen molar-refractivity contribution in [2.75, 3.05) is 26.4 Å². The van der Waals surface area contributed by atoms with E-state index >= 15 is 8.78 Å². The topological polar surface area (TPSA) is 93.1 Å². The van der Waals surface area contributed by atoms with E-state index in [9.17, 15) is 19.8 Å². The number of aryl methyl sites for hydroxylation is 1. The number of esters is 2. The van der Waals surface area contributed by atoms with Crippen molar-refractivity contribution >= 4 is 11.9 Å². The van der Waals surface area contributed by atoms with Crippen LogP contribution in [0, 0.1) is 17.6 Å². The highest BCUT2D eigenvalue weighted by Crippen LogP contribution is 2.39. The van der Waals surface area contributed by atoms with Gasteiger partial charge in [-0.15, -0.1) is 0 Å². The van der Waals surface area contributed by atoms with E-state index in [0.29, 0.717) is 40.2 Å². The molecular weight excluding hydrogens is 614 g/mol. The molecule has 0 radical (unpaired) electrons. The number of carbonyl (C=O) groups excluding carboxylic acids is 2. The summed E-state index contributed by atoms with van der Waals surface area (Å²) >= 11 is 0. The Morgan fingerprint density at radius 2 is 1.38 bits per heavy atom. The van der Waals surface area contributed by atoms with E-state index in [1.807, 2.05) is 19.1 Å². The van der Waals surface area contributed by atoms with Crippen LogP contribution < -0.4 is 0 Å². The van der Waals surface area contributed by atoms with Crippen LogP contribution in [0.2, 0.25) is 0 Å². The summed E-state index contributed by atoms with van der Waals surface area (Å²) in [6, 6.07) is 15.4. The lowest BCUT2D eigenvalue weighted by molar-refractivity contribution is -0.142. The predicted molar refractivity (Wildman–Crippen MR) is 183 cm³/mol. The van der Waals surface area contributed by atoms with Crippen molar-refractivity contribution in [3.05, 3.63) is 107 Å². The third-order valence-corrected chi connectivity index (χ3v) is 9.35. The third-order valence-electron chi connectivity index (χ3n) is 9.35. The van der Waals surface area contributed by atoms with Crippen LogP contribution in [0.5, 0.6) is 0 Å². The van der Waals surface area contributed by atoms with Gasteiger partial charge in [-0.25, -0.2) is 18.4 Å². The first-order valence-corrected chi connectivity index (χ1v) is 16.7. The molecule has 1 saturated carbocycles. The molecule has 0 unspecified atom stereocenters. The first kappa shape index (κ1) is 36.7. The van der Waals surface area contributed by atoms with Crippen LogP contribution in [0.4, 0.5) is 8.78 Å². The number of hydrogen-bond acceptors (Lipinski definition) is 6. The second-order valence-electron chi connectivity index (χ2n) is 12.6. The molecule has 0 spiro atoms. The molecule has 256 valence electrons. The Labute approximate surface area is 282 Å². The monoisotopic (exact) mass is 660 g/mol. The molecule has 2 N–H and O–H groups in total. The molecule has 0 saturated heterocycles. The number of rotatable bonds is 15. The molecule has 3 aromatic carbocycles. The van der Waals surface area contributed by atoms with E-state index in [1.54, 1.807) is 36.4 Å². The summed E-state index contributed by atoms with van der Waals surface area (Å²) in [4.78, 5) is 24.3. The van der Waals surface area contributed by atoms with Gasteiger partial charge < -0.3 is 19.7 Å². The maximum atomic E-state index is 15.7. The summed E-state index contributed by atoms with van der Waals surface area (Å²) in [6.07, 6.45) is 7.49. The van der Waals surface area contributed by atoms with Gasteiger partial charge in [0.2, 0.25) is 0 Å². The molecule has 1 fully saturated rings. The normalized spacial score (nSPS) is 16.1. The average molecular weight is 661 g/mol. The molecule has 4 rings (SSSR count). The molecule has 0 heterocycles. The lowest BCUT2D eigenvalue weighted by Crippen LogP contribution is -2.21. The summed E-state index contributed by atoms with van der Waals surface area (Å²) in [5.41, 5.74) is 4.05. The standard InChI is InChI=1S/C40H46F2O6/c1-5-7-27-8-10-29(11-9-27)31-13-16-35(37(41)19-31)32-14-17-36(38(42)20-32)34-15-12-30(18-28(34)6-2)33(23-47-39(45)25(3)21-43)24-48-40(46)26(4)22-44/h12-20,27,29,33,43-44H,3-11,21-24H2,1-2H3. The zero-order valence-corrected chi connectivity index (χ0v) is 27.9. The average Bonchev–Trinajstić information content (AvgIpc) is 3.10. The number of benzene rings is 3.